The topological polar surface area (TPSA) is 61.5 Å². The summed E-state index contributed by atoms with van der Waals surface area (Å²) in [5.41, 5.74) is 7.05. The van der Waals surface area contributed by atoms with Crippen LogP contribution < -0.4 is 15.2 Å². The number of ketones is 1. The van der Waals surface area contributed by atoms with E-state index in [1.807, 2.05) is 0 Å². The van der Waals surface area contributed by atoms with Crippen molar-refractivity contribution in [1.29, 1.82) is 0 Å². The minimum atomic E-state index is -0.210. The van der Waals surface area contributed by atoms with Crippen molar-refractivity contribution in [2.24, 2.45) is 0 Å². The van der Waals surface area contributed by atoms with Gasteiger partial charge in [-0.25, -0.2) is 0 Å². The maximum atomic E-state index is 12.5. The molecule has 2 rings (SSSR count). The standard InChI is InChI=1S/C15H14ClNO3/c1-19-13-8-14(20-2)12(16)7-11(13)15(18)9-4-3-5-10(17)6-9/h3-8H,17H2,1-2H3. The molecule has 0 bridgehead atoms. The highest BCUT2D eigenvalue weighted by Crippen LogP contribution is 2.33. The molecule has 104 valence electrons. The predicted molar refractivity (Wildman–Crippen MR) is 78.8 cm³/mol. The quantitative estimate of drug-likeness (QED) is 0.694. The van der Waals surface area contributed by atoms with Gasteiger partial charge in [0.15, 0.2) is 5.78 Å². The molecule has 2 aromatic carbocycles. The lowest BCUT2D eigenvalue weighted by atomic mass is 10.0. The number of carbonyl (C=O) groups excluding carboxylic acids is 1. The Bertz CT molecular complexity index is 656. The number of carbonyl (C=O) groups is 1. The molecule has 0 amide bonds. The molecule has 4 nitrogen and oxygen atoms in total. The summed E-state index contributed by atoms with van der Waals surface area (Å²) < 4.78 is 10.3. The Kier molecular flexibility index (Phi) is 4.15. The predicted octanol–water partition coefficient (Wildman–Crippen LogP) is 3.17. The van der Waals surface area contributed by atoms with Gasteiger partial charge in [-0.3, -0.25) is 4.79 Å². The summed E-state index contributed by atoms with van der Waals surface area (Å²) in [4.78, 5) is 12.5. The second kappa shape index (κ2) is 5.84. The largest absolute Gasteiger partial charge is 0.496 e. The van der Waals surface area contributed by atoms with Crippen LogP contribution in [0.3, 0.4) is 0 Å². The van der Waals surface area contributed by atoms with E-state index in [4.69, 9.17) is 26.8 Å². The second-order valence-corrected chi connectivity index (χ2v) is 4.55. The van der Waals surface area contributed by atoms with Crippen LogP contribution in [0.4, 0.5) is 5.69 Å². The minimum absolute atomic E-state index is 0.210. The van der Waals surface area contributed by atoms with Crippen molar-refractivity contribution in [3.05, 3.63) is 52.5 Å². The van der Waals surface area contributed by atoms with Crippen molar-refractivity contribution in [2.75, 3.05) is 20.0 Å². The lowest BCUT2D eigenvalue weighted by Gasteiger charge is -2.11. The molecule has 0 radical (unpaired) electrons. The summed E-state index contributed by atoms with van der Waals surface area (Å²) in [6.45, 7) is 0. The van der Waals surface area contributed by atoms with Crippen LogP contribution in [0, 0.1) is 0 Å². The van der Waals surface area contributed by atoms with E-state index in [0.29, 0.717) is 33.3 Å². The first-order valence-electron chi connectivity index (χ1n) is 5.88. The monoisotopic (exact) mass is 291 g/mol. The first-order chi connectivity index (χ1) is 9.56. The number of rotatable bonds is 4. The van der Waals surface area contributed by atoms with Gasteiger partial charge in [0.2, 0.25) is 0 Å². The van der Waals surface area contributed by atoms with E-state index in [0.717, 1.165) is 0 Å². The van der Waals surface area contributed by atoms with Gasteiger partial charge in [-0.2, -0.15) is 0 Å². The average molecular weight is 292 g/mol. The van der Waals surface area contributed by atoms with Crippen molar-refractivity contribution in [2.45, 2.75) is 0 Å². The minimum Gasteiger partial charge on any atom is -0.496 e. The molecule has 0 saturated carbocycles. The molecule has 20 heavy (non-hydrogen) atoms. The lowest BCUT2D eigenvalue weighted by Crippen LogP contribution is -2.05. The molecule has 0 heterocycles. The SMILES string of the molecule is COc1cc(OC)c(C(=O)c2cccc(N)c2)cc1Cl. The summed E-state index contributed by atoms with van der Waals surface area (Å²) >= 11 is 6.06. The van der Waals surface area contributed by atoms with Crippen LogP contribution in [-0.4, -0.2) is 20.0 Å². The number of nitrogens with two attached hydrogens (primary N) is 1. The maximum Gasteiger partial charge on any atom is 0.196 e. The van der Waals surface area contributed by atoms with Crippen molar-refractivity contribution in [3.63, 3.8) is 0 Å². The normalized spacial score (nSPS) is 10.2. The van der Waals surface area contributed by atoms with Gasteiger partial charge in [-0.05, 0) is 18.2 Å². The molecule has 0 fully saturated rings. The zero-order valence-electron chi connectivity index (χ0n) is 11.1. The van der Waals surface area contributed by atoms with E-state index in [-0.39, 0.29) is 5.78 Å². The zero-order chi connectivity index (χ0) is 14.7. The molecule has 5 heteroatoms. The molecule has 0 aromatic heterocycles. The van der Waals surface area contributed by atoms with Gasteiger partial charge in [0.05, 0.1) is 24.8 Å². The van der Waals surface area contributed by atoms with Crippen molar-refractivity contribution < 1.29 is 14.3 Å². The van der Waals surface area contributed by atoms with Gasteiger partial charge in [0.25, 0.3) is 0 Å². The third kappa shape index (κ3) is 2.70. The number of hydrogen-bond acceptors (Lipinski definition) is 4. The summed E-state index contributed by atoms with van der Waals surface area (Å²) in [6, 6.07) is 9.86. The Morgan fingerprint density at radius 2 is 1.80 bits per heavy atom. The smallest absolute Gasteiger partial charge is 0.196 e. The van der Waals surface area contributed by atoms with Crippen molar-refractivity contribution in [1.82, 2.24) is 0 Å². The Balaban J connectivity index is 2.51. The van der Waals surface area contributed by atoms with Crippen molar-refractivity contribution >= 4 is 23.1 Å². The molecular formula is C15H14ClNO3. The molecule has 2 N–H and O–H groups in total. The molecule has 0 aliphatic heterocycles. The van der Waals surface area contributed by atoms with Crippen LogP contribution >= 0.6 is 11.6 Å². The molecule has 2 aromatic rings. The number of nitrogen functional groups attached to an aromatic ring is 1. The molecule has 0 aliphatic carbocycles. The van der Waals surface area contributed by atoms with Gasteiger partial charge >= 0.3 is 0 Å². The highest BCUT2D eigenvalue weighted by molar-refractivity contribution is 6.32. The fraction of sp³-hybridized carbons (Fsp3) is 0.133. The fourth-order valence-corrected chi connectivity index (χ4v) is 2.11. The van der Waals surface area contributed by atoms with Crippen LogP contribution in [0.5, 0.6) is 11.5 Å². The van der Waals surface area contributed by atoms with Gasteiger partial charge in [-0.15, -0.1) is 0 Å². The van der Waals surface area contributed by atoms with E-state index >= 15 is 0 Å². The van der Waals surface area contributed by atoms with E-state index in [1.165, 1.54) is 20.3 Å². The van der Waals surface area contributed by atoms with Crippen LogP contribution in [-0.2, 0) is 0 Å². The molecule has 0 spiro atoms. The number of hydrogen-bond donors (Lipinski definition) is 1. The first kappa shape index (κ1) is 14.2. The molecule has 0 atom stereocenters. The van der Waals surface area contributed by atoms with E-state index in [9.17, 15) is 4.79 Å². The highest BCUT2D eigenvalue weighted by Gasteiger charge is 2.18. The maximum absolute atomic E-state index is 12.5. The van der Waals surface area contributed by atoms with Crippen LogP contribution in [0.25, 0.3) is 0 Å². The first-order valence-corrected chi connectivity index (χ1v) is 6.26. The van der Waals surface area contributed by atoms with Crippen LogP contribution in [0.2, 0.25) is 5.02 Å². The van der Waals surface area contributed by atoms with Gasteiger partial charge in [-0.1, -0.05) is 23.7 Å². The van der Waals surface area contributed by atoms with Gasteiger partial charge < -0.3 is 15.2 Å². The second-order valence-electron chi connectivity index (χ2n) is 4.14. The van der Waals surface area contributed by atoms with E-state index in [2.05, 4.69) is 0 Å². The third-order valence-corrected chi connectivity index (χ3v) is 3.16. The average Bonchev–Trinajstić information content (AvgIpc) is 2.46. The van der Waals surface area contributed by atoms with Crippen molar-refractivity contribution in [3.8, 4) is 11.5 Å². The Morgan fingerprint density at radius 1 is 1.10 bits per heavy atom. The van der Waals surface area contributed by atoms with Crippen LogP contribution in [0.1, 0.15) is 15.9 Å². The molecule has 0 saturated heterocycles. The Morgan fingerprint density at radius 3 is 2.40 bits per heavy atom. The van der Waals surface area contributed by atoms with E-state index < -0.39 is 0 Å². The number of benzene rings is 2. The van der Waals surface area contributed by atoms with Gasteiger partial charge in [0, 0.05) is 17.3 Å². The lowest BCUT2D eigenvalue weighted by molar-refractivity contribution is 0.103. The summed E-state index contributed by atoms with van der Waals surface area (Å²) in [5.74, 6) is 0.644. The third-order valence-electron chi connectivity index (χ3n) is 2.87. The Hall–Kier alpha value is -2.20. The number of ether oxygens (including phenoxy) is 2. The highest BCUT2D eigenvalue weighted by atomic mass is 35.5. The molecular weight excluding hydrogens is 278 g/mol. The molecule has 0 aliphatic rings. The summed E-state index contributed by atoms with van der Waals surface area (Å²) in [5, 5.41) is 0.348. The zero-order valence-corrected chi connectivity index (χ0v) is 11.9. The fourth-order valence-electron chi connectivity index (χ4n) is 1.87. The Labute approximate surface area is 122 Å². The number of methoxy groups -OCH3 is 2. The number of halogens is 1. The van der Waals surface area contributed by atoms with E-state index in [1.54, 1.807) is 30.3 Å². The van der Waals surface area contributed by atoms with Crippen LogP contribution in [0.15, 0.2) is 36.4 Å². The summed E-state index contributed by atoms with van der Waals surface area (Å²) in [7, 11) is 2.98. The summed E-state index contributed by atoms with van der Waals surface area (Å²) in [6.07, 6.45) is 0. The van der Waals surface area contributed by atoms with Gasteiger partial charge in [0.1, 0.15) is 11.5 Å². The molecule has 0 unspecified atom stereocenters. The number of anilines is 1.